The first-order valence-corrected chi connectivity index (χ1v) is 10.6. The number of thiocarbonyl (C=S) groups is 1. The van der Waals surface area contributed by atoms with Gasteiger partial charge in [-0.25, -0.2) is 0 Å². The smallest absolute Gasteiger partial charge is 0.213 e. The Bertz CT molecular complexity index is 227. The van der Waals surface area contributed by atoms with Crippen molar-refractivity contribution in [2.45, 2.75) is 13.8 Å². The van der Waals surface area contributed by atoms with Crippen LogP contribution >= 0.6 is 41.0 Å². The van der Waals surface area contributed by atoms with Crippen LogP contribution in [0.25, 0.3) is 0 Å². The summed E-state index contributed by atoms with van der Waals surface area (Å²) >= 11 is 14.1. The van der Waals surface area contributed by atoms with Gasteiger partial charge in [0.15, 0.2) is 0 Å². The molecule has 0 aliphatic heterocycles. The third-order valence-electron chi connectivity index (χ3n) is 1.52. The minimum atomic E-state index is -1.94. The third-order valence-corrected chi connectivity index (χ3v) is 9.99. The molecule has 1 unspecified atom stereocenters. The molecule has 0 amide bonds. The minimum absolute atomic E-state index is 0.651. The lowest BCUT2D eigenvalue weighted by Crippen LogP contribution is -2.11. The molecule has 1 atom stereocenters. The first-order valence-electron chi connectivity index (χ1n) is 4.76. The van der Waals surface area contributed by atoms with Gasteiger partial charge in [-0.2, -0.15) is 11.8 Å². The van der Waals surface area contributed by atoms with Crippen LogP contribution in [-0.4, -0.2) is 41.1 Å². The van der Waals surface area contributed by atoms with E-state index in [2.05, 4.69) is 6.92 Å². The Kier molecular flexibility index (Phi) is 9.99. The zero-order chi connectivity index (χ0) is 11.7. The van der Waals surface area contributed by atoms with Gasteiger partial charge in [-0.15, -0.1) is 0 Å². The summed E-state index contributed by atoms with van der Waals surface area (Å²) < 4.78 is 7.55. The SMILES string of the molecule is CCOP(=S)(SCCSCC)N(C)C=S. The second-order valence-electron chi connectivity index (χ2n) is 2.60. The maximum absolute atomic E-state index is 5.67. The van der Waals surface area contributed by atoms with E-state index in [-0.39, 0.29) is 0 Å². The van der Waals surface area contributed by atoms with Crippen molar-refractivity contribution < 1.29 is 4.52 Å². The summed E-state index contributed by atoms with van der Waals surface area (Å²) in [5.74, 6) is 3.31. The minimum Gasteiger partial charge on any atom is -0.327 e. The molecule has 7 heteroatoms. The zero-order valence-electron chi connectivity index (χ0n) is 9.34. The summed E-state index contributed by atoms with van der Waals surface area (Å²) in [5, 5.41) is 0. The Labute approximate surface area is 112 Å². The quantitative estimate of drug-likeness (QED) is 0.364. The van der Waals surface area contributed by atoms with Gasteiger partial charge in [0, 0.05) is 18.6 Å². The van der Waals surface area contributed by atoms with Crippen LogP contribution in [0.1, 0.15) is 13.8 Å². The fourth-order valence-electron chi connectivity index (χ4n) is 0.796. The second kappa shape index (κ2) is 9.25. The fourth-order valence-corrected chi connectivity index (χ4v) is 7.44. The number of thioether (sulfide) groups is 1. The van der Waals surface area contributed by atoms with E-state index in [0.29, 0.717) is 6.61 Å². The largest absolute Gasteiger partial charge is 0.327 e. The Morgan fingerprint density at radius 2 is 2.07 bits per heavy atom. The highest BCUT2D eigenvalue weighted by Gasteiger charge is 2.21. The molecule has 0 radical (unpaired) electrons. The van der Waals surface area contributed by atoms with Crippen LogP contribution in [0, 0.1) is 0 Å². The first-order chi connectivity index (χ1) is 7.10. The maximum atomic E-state index is 5.67. The molecule has 0 aromatic carbocycles. The van der Waals surface area contributed by atoms with Gasteiger partial charge >= 0.3 is 0 Å². The molecule has 0 saturated heterocycles. The Hall–Kier alpha value is 1.20. The predicted octanol–water partition coefficient (Wildman–Crippen LogP) is 3.62. The van der Waals surface area contributed by atoms with Crippen molar-refractivity contribution >= 4 is 58.3 Å². The van der Waals surface area contributed by atoms with Crippen molar-refractivity contribution in [2.75, 3.05) is 30.9 Å². The average molecular weight is 303 g/mol. The summed E-state index contributed by atoms with van der Waals surface area (Å²) in [4.78, 5) is 0. The van der Waals surface area contributed by atoms with Crippen molar-refractivity contribution in [3.05, 3.63) is 0 Å². The van der Waals surface area contributed by atoms with E-state index in [1.54, 1.807) is 16.9 Å². The van der Waals surface area contributed by atoms with Crippen LogP contribution in [0.4, 0.5) is 0 Å². The lowest BCUT2D eigenvalue weighted by Gasteiger charge is -2.28. The molecular weight excluding hydrogens is 285 g/mol. The average Bonchev–Trinajstić information content (AvgIpc) is 2.23. The van der Waals surface area contributed by atoms with Gasteiger partial charge in [0.25, 0.3) is 0 Å². The molecule has 0 spiro atoms. The number of hydrogen-bond acceptors (Lipinski definition) is 5. The first kappa shape index (κ1) is 16.2. The predicted molar refractivity (Wildman–Crippen MR) is 82.8 cm³/mol. The molecule has 0 aliphatic carbocycles. The molecule has 2 nitrogen and oxygen atoms in total. The van der Waals surface area contributed by atoms with E-state index in [4.69, 9.17) is 28.5 Å². The normalized spacial score (nSPS) is 14.6. The van der Waals surface area contributed by atoms with E-state index >= 15 is 0 Å². The van der Waals surface area contributed by atoms with Crippen LogP contribution in [0.2, 0.25) is 0 Å². The van der Waals surface area contributed by atoms with E-state index in [1.807, 2.05) is 30.4 Å². The van der Waals surface area contributed by atoms with Gasteiger partial charge in [0.2, 0.25) is 5.62 Å². The molecule has 0 heterocycles. The van der Waals surface area contributed by atoms with E-state index in [9.17, 15) is 0 Å². The highest BCUT2D eigenvalue weighted by atomic mass is 32.9. The van der Waals surface area contributed by atoms with Crippen molar-refractivity contribution in [1.29, 1.82) is 0 Å². The number of hydrogen-bond donors (Lipinski definition) is 0. The van der Waals surface area contributed by atoms with Gasteiger partial charge in [-0.05, 0) is 24.5 Å². The van der Waals surface area contributed by atoms with Crippen molar-refractivity contribution in [3.8, 4) is 0 Å². The zero-order valence-corrected chi connectivity index (χ0v) is 13.5. The maximum Gasteiger partial charge on any atom is 0.213 e. The Morgan fingerprint density at radius 1 is 1.40 bits per heavy atom. The van der Waals surface area contributed by atoms with Gasteiger partial charge in [-0.1, -0.05) is 30.5 Å². The summed E-state index contributed by atoms with van der Waals surface area (Å²) in [5.41, 5.74) is -0.347. The topological polar surface area (TPSA) is 12.5 Å². The monoisotopic (exact) mass is 303 g/mol. The van der Waals surface area contributed by atoms with Gasteiger partial charge in [0.05, 0.1) is 12.1 Å². The van der Waals surface area contributed by atoms with Gasteiger partial charge in [0.1, 0.15) is 0 Å². The Balaban J connectivity index is 4.13. The summed E-state index contributed by atoms with van der Waals surface area (Å²) in [6.45, 7) is 4.79. The standard InChI is InChI=1S/C8H18NOPS4/c1-4-10-11(13,9(3)8-12)15-7-6-14-5-2/h8H,4-7H2,1-3H3. The third kappa shape index (κ3) is 6.49. The lowest BCUT2D eigenvalue weighted by atomic mass is 10.9. The van der Waals surface area contributed by atoms with Crippen molar-refractivity contribution in [3.63, 3.8) is 0 Å². The molecule has 0 bridgehead atoms. The van der Waals surface area contributed by atoms with Crippen LogP contribution in [0.15, 0.2) is 0 Å². The molecule has 0 aromatic heterocycles. The summed E-state index contributed by atoms with van der Waals surface area (Å²) in [6, 6.07) is 0. The van der Waals surface area contributed by atoms with Gasteiger partial charge in [-0.3, -0.25) is 0 Å². The van der Waals surface area contributed by atoms with Crippen LogP contribution in [0.3, 0.4) is 0 Å². The molecule has 90 valence electrons. The highest BCUT2D eigenvalue weighted by Crippen LogP contribution is 2.61. The molecular formula is C8H18NOPS4. The van der Waals surface area contributed by atoms with Gasteiger partial charge < -0.3 is 9.19 Å². The highest BCUT2D eigenvalue weighted by molar-refractivity contribution is 8.68. The van der Waals surface area contributed by atoms with Crippen LogP contribution < -0.4 is 0 Å². The van der Waals surface area contributed by atoms with E-state index in [0.717, 1.165) is 17.3 Å². The molecule has 0 fully saturated rings. The van der Waals surface area contributed by atoms with Crippen LogP contribution in [-0.2, 0) is 16.3 Å². The molecule has 0 aromatic rings. The Morgan fingerprint density at radius 3 is 2.53 bits per heavy atom. The lowest BCUT2D eigenvalue weighted by molar-refractivity contribution is 0.369. The molecule has 0 N–H and O–H groups in total. The summed E-state index contributed by atoms with van der Waals surface area (Å²) in [7, 11) is 1.91. The summed E-state index contributed by atoms with van der Waals surface area (Å²) in [6.07, 6.45) is 0. The van der Waals surface area contributed by atoms with Crippen LogP contribution in [0.5, 0.6) is 0 Å². The number of nitrogens with zero attached hydrogens (tertiary/aromatic N) is 1. The van der Waals surface area contributed by atoms with Crippen molar-refractivity contribution in [2.24, 2.45) is 0 Å². The van der Waals surface area contributed by atoms with E-state index in [1.165, 1.54) is 0 Å². The second-order valence-corrected chi connectivity index (χ2v) is 11.1. The molecule has 0 aliphatic rings. The van der Waals surface area contributed by atoms with Crippen molar-refractivity contribution in [1.82, 2.24) is 4.67 Å². The fraction of sp³-hybridized carbons (Fsp3) is 0.875. The number of rotatable bonds is 9. The van der Waals surface area contributed by atoms with E-state index < -0.39 is 5.62 Å². The molecule has 0 rings (SSSR count). The molecule has 15 heavy (non-hydrogen) atoms. The molecule has 0 saturated carbocycles.